The van der Waals surface area contributed by atoms with Gasteiger partial charge in [-0.15, -0.1) is 30.6 Å². The highest BCUT2D eigenvalue weighted by Crippen LogP contribution is 2.10. The molecule has 134 valence electrons. The maximum Gasteiger partial charge on any atom is 0.191 e. The molecular weight excluding hydrogens is 415 g/mol. The molecule has 1 fully saturated rings. The lowest BCUT2D eigenvalue weighted by atomic mass is 10.1. The van der Waals surface area contributed by atoms with Crippen LogP contribution in [0.25, 0.3) is 0 Å². The summed E-state index contributed by atoms with van der Waals surface area (Å²) in [6.07, 6.45) is 1.83. The summed E-state index contributed by atoms with van der Waals surface area (Å²) >= 11 is 0. The molecule has 1 aliphatic rings. The van der Waals surface area contributed by atoms with Crippen LogP contribution in [-0.4, -0.2) is 50.3 Å². The normalized spacial score (nSPS) is 15.5. The number of guanidine groups is 1. The Morgan fingerprint density at radius 3 is 2.75 bits per heavy atom. The molecular formula is C18H29IN4O. The summed E-state index contributed by atoms with van der Waals surface area (Å²) in [7, 11) is 0. The lowest BCUT2D eigenvalue weighted by molar-refractivity contribution is 0.0342. The third-order valence-corrected chi connectivity index (χ3v) is 3.68. The van der Waals surface area contributed by atoms with Crippen molar-refractivity contribution in [3.8, 4) is 0 Å². The zero-order valence-corrected chi connectivity index (χ0v) is 16.8. The fraction of sp³-hybridized carbons (Fsp3) is 0.500. The van der Waals surface area contributed by atoms with Crippen LogP contribution in [0.3, 0.4) is 0 Å². The lowest BCUT2D eigenvalue weighted by Crippen LogP contribution is -2.37. The zero-order chi connectivity index (χ0) is 16.3. The van der Waals surface area contributed by atoms with Gasteiger partial charge in [0.25, 0.3) is 0 Å². The van der Waals surface area contributed by atoms with E-state index in [0.29, 0.717) is 13.1 Å². The van der Waals surface area contributed by atoms with Gasteiger partial charge in [0, 0.05) is 32.7 Å². The van der Waals surface area contributed by atoms with Crippen LogP contribution in [0.15, 0.2) is 41.9 Å². The van der Waals surface area contributed by atoms with Crippen molar-refractivity contribution in [1.29, 1.82) is 0 Å². The number of nitrogens with zero attached hydrogens (tertiary/aromatic N) is 2. The number of benzene rings is 1. The summed E-state index contributed by atoms with van der Waals surface area (Å²) < 4.78 is 5.40. The van der Waals surface area contributed by atoms with Crippen LogP contribution in [0.1, 0.15) is 18.1 Å². The monoisotopic (exact) mass is 444 g/mol. The predicted molar refractivity (Wildman–Crippen MR) is 111 cm³/mol. The minimum absolute atomic E-state index is 0. The molecule has 2 rings (SSSR count). The summed E-state index contributed by atoms with van der Waals surface area (Å²) in [6, 6.07) is 8.67. The number of hydrogen-bond donors (Lipinski definition) is 2. The standard InChI is InChI=1S/C18H28N4O.HI/c1-3-8-20-18(19-4-2)21-14-16-6-5-7-17(13-16)15-22-9-11-23-12-10-22;/h3,5-7,13H,1,4,8-12,14-15H2,2H3,(H2,19,20,21);1H. The van der Waals surface area contributed by atoms with Crippen molar-refractivity contribution in [2.24, 2.45) is 4.99 Å². The molecule has 0 atom stereocenters. The van der Waals surface area contributed by atoms with E-state index in [1.807, 2.05) is 6.08 Å². The lowest BCUT2D eigenvalue weighted by Gasteiger charge is -2.26. The van der Waals surface area contributed by atoms with Gasteiger partial charge in [0.2, 0.25) is 0 Å². The Hall–Kier alpha value is -1.12. The van der Waals surface area contributed by atoms with Gasteiger partial charge in [0.05, 0.1) is 19.8 Å². The van der Waals surface area contributed by atoms with E-state index in [0.717, 1.165) is 45.4 Å². The topological polar surface area (TPSA) is 48.9 Å². The Labute approximate surface area is 162 Å². The highest BCUT2D eigenvalue weighted by atomic mass is 127. The van der Waals surface area contributed by atoms with Crippen molar-refractivity contribution >= 4 is 29.9 Å². The molecule has 24 heavy (non-hydrogen) atoms. The number of ether oxygens (including phenoxy) is 1. The smallest absolute Gasteiger partial charge is 0.191 e. The van der Waals surface area contributed by atoms with E-state index in [2.05, 4.69) is 58.3 Å². The molecule has 0 saturated carbocycles. The summed E-state index contributed by atoms with van der Waals surface area (Å²) in [4.78, 5) is 7.05. The summed E-state index contributed by atoms with van der Waals surface area (Å²) in [5.41, 5.74) is 2.57. The van der Waals surface area contributed by atoms with Crippen LogP contribution in [0, 0.1) is 0 Å². The first kappa shape index (κ1) is 20.9. The molecule has 1 aromatic rings. The first-order valence-electron chi connectivity index (χ1n) is 8.33. The average Bonchev–Trinajstić information content (AvgIpc) is 2.59. The molecule has 0 aliphatic carbocycles. The maximum atomic E-state index is 5.40. The highest BCUT2D eigenvalue weighted by Gasteiger charge is 2.10. The van der Waals surface area contributed by atoms with E-state index in [1.165, 1.54) is 11.1 Å². The number of rotatable bonds is 7. The van der Waals surface area contributed by atoms with Gasteiger partial charge in [-0.2, -0.15) is 0 Å². The molecule has 0 bridgehead atoms. The van der Waals surface area contributed by atoms with Gasteiger partial charge in [-0.25, -0.2) is 4.99 Å². The molecule has 6 heteroatoms. The minimum Gasteiger partial charge on any atom is -0.379 e. The predicted octanol–water partition coefficient (Wildman–Crippen LogP) is 2.38. The summed E-state index contributed by atoms with van der Waals surface area (Å²) in [6.45, 7) is 12.7. The van der Waals surface area contributed by atoms with Crippen molar-refractivity contribution < 1.29 is 4.74 Å². The van der Waals surface area contributed by atoms with Crippen molar-refractivity contribution in [3.63, 3.8) is 0 Å². The molecule has 0 aromatic heterocycles. The Morgan fingerprint density at radius 2 is 2.04 bits per heavy atom. The second kappa shape index (κ2) is 12.3. The zero-order valence-electron chi connectivity index (χ0n) is 14.5. The molecule has 1 heterocycles. The molecule has 0 radical (unpaired) electrons. The molecule has 1 aromatic carbocycles. The minimum atomic E-state index is 0. The van der Waals surface area contributed by atoms with Gasteiger partial charge in [-0.05, 0) is 18.1 Å². The first-order valence-corrected chi connectivity index (χ1v) is 8.33. The number of morpholine rings is 1. The van der Waals surface area contributed by atoms with Crippen LogP contribution < -0.4 is 10.6 Å². The van der Waals surface area contributed by atoms with Crippen LogP contribution in [0.4, 0.5) is 0 Å². The van der Waals surface area contributed by atoms with E-state index >= 15 is 0 Å². The van der Waals surface area contributed by atoms with E-state index in [9.17, 15) is 0 Å². The SMILES string of the molecule is C=CCNC(=NCc1cccc(CN2CCOCC2)c1)NCC.I. The Morgan fingerprint density at radius 1 is 1.29 bits per heavy atom. The number of aliphatic imine (C=N–C) groups is 1. The molecule has 5 nitrogen and oxygen atoms in total. The summed E-state index contributed by atoms with van der Waals surface area (Å²) in [5, 5.41) is 6.46. The Balaban J connectivity index is 0.00000288. The molecule has 0 unspecified atom stereocenters. The Kier molecular flexibility index (Phi) is 10.7. The van der Waals surface area contributed by atoms with Crippen LogP contribution in [-0.2, 0) is 17.8 Å². The largest absolute Gasteiger partial charge is 0.379 e. The summed E-state index contributed by atoms with van der Waals surface area (Å²) in [5.74, 6) is 0.825. The first-order chi connectivity index (χ1) is 11.3. The third-order valence-electron chi connectivity index (χ3n) is 3.68. The molecule has 0 spiro atoms. The second-order valence-electron chi connectivity index (χ2n) is 5.57. The van der Waals surface area contributed by atoms with Gasteiger partial charge in [0.1, 0.15) is 0 Å². The van der Waals surface area contributed by atoms with Gasteiger partial charge >= 0.3 is 0 Å². The molecule has 1 aliphatic heterocycles. The second-order valence-corrected chi connectivity index (χ2v) is 5.57. The van der Waals surface area contributed by atoms with Crippen molar-refractivity contribution in [2.45, 2.75) is 20.0 Å². The number of nitrogens with one attached hydrogen (secondary N) is 2. The van der Waals surface area contributed by atoms with Crippen molar-refractivity contribution in [1.82, 2.24) is 15.5 Å². The van der Waals surface area contributed by atoms with Gasteiger partial charge < -0.3 is 15.4 Å². The van der Waals surface area contributed by atoms with E-state index in [1.54, 1.807) is 0 Å². The van der Waals surface area contributed by atoms with Crippen molar-refractivity contribution in [2.75, 3.05) is 39.4 Å². The quantitative estimate of drug-likeness (QED) is 0.294. The fourth-order valence-electron chi connectivity index (χ4n) is 2.52. The van der Waals surface area contributed by atoms with Crippen molar-refractivity contribution in [3.05, 3.63) is 48.0 Å². The van der Waals surface area contributed by atoms with E-state index in [-0.39, 0.29) is 24.0 Å². The van der Waals surface area contributed by atoms with E-state index in [4.69, 9.17) is 4.74 Å². The van der Waals surface area contributed by atoms with Gasteiger partial charge in [0.15, 0.2) is 5.96 Å². The fourth-order valence-corrected chi connectivity index (χ4v) is 2.52. The highest BCUT2D eigenvalue weighted by molar-refractivity contribution is 14.0. The maximum absolute atomic E-state index is 5.40. The Bertz CT molecular complexity index is 515. The molecule has 1 saturated heterocycles. The third kappa shape index (κ3) is 7.63. The molecule has 0 amide bonds. The van der Waals surface area contributed by atoms with Gasteiger partial charge in [-0.1, -0.05) is 30.3 Å². The van der Waals surface area contributed by atoms with Crippen LogP contribution in [0.2, 0.25) is 0 Å². The average molecular weight is 444 g/mol. The van der Waals surface area contributed by atoms with Crippen LogP contribution in [0.5, 0.6) is 0 Å². The number of hydrogen-bond acceptors (Lipinski definition) is 3. The van der Waals surface area contributed by atoms with Crippen LogP contribution >= 0.6 is 24.0 Å². The van der Waals surface area contributed by atoms with Gasteiger partial charge in [-0.3, -0.25) is 4.90 Å². The number of halogens is 1. The molecule has 2 N–H and O–H groups in total. The van der Waals surface area contributed by atoms with E-state index < -0.39 is 0 Å².